The van der Waals surface area contributed by atoms with Crippen LogP contribution in [0, 0.1) is 6.92 Å². The Morgan fingerprint density at radius 1 is 1.11 bits per heavy atom. The highest BCUT2D eigenvalue weighted by molar-refractivity contribution is 5.57. The molecule has 0 amide bonds. The summed E-state index contributed by atoms with van der Waals surface area (Å²) in [5.41, 5.74) is 4.54. The van der Waals surface area contributed by atoms with E-state index in [1.807, 2.05) is 0 Å². The van der Waals surface area contributed by atoms with Crippen LogP contribution in [0.15, 0.2) is 18.2 Å². The first-order valence-electron chi connectivity index (χ1n) is 7.41. The molecule has 0 radical (unpaired) electrons. The Morgan fingerprint density at radius 3 is 2.56 bits per heavy atom. The second-order valence-corrected chi connectivity index (χ2v) is 5.78. The Kier molecular flexibility index (Phi) is 3.55. The molecule has 0 atom stereocenters. The van der Waals surface area contributed by atoms with Gasteiger partial charge in [0.1, 0.15) is 0 Å². The van der Waals surface area contributed by atoms with Crippen LogP contribution >= 0.6 is 0 Å². The highest BCUT2D eigenvalue weighted by Crippen LogP contribution is 2.35. The van der Waals surface area contributed by atoms with Crippen LogP contribution < -0.4 is 10.2 Å². The maximum atomic E-state index is 3.47. The van der Waals surface area contributed by atoms with E-state index in [0.717, 1.165) is 5.92 Å². The smallest absolute Gasteiger partial charge is 0.0401 e. The maximum absolute atomic E-state index is 3.47. The first kappa shape index (κ1) is 12.0. The molecule has 0 spiro atoms. The predicted octanol–water partition coefficient (Wildman–Crippen LogP) is 3.06. The molecule has 3 rings (SSSR count). The van der Waals surface area contributed by atoms with Gasteiger partial charge in [0.25, 0.3) is 0 Å². The number of hydrogen-bond acceptors (Lipinski definition) is 2. The van der Waals surface area contributed by atoms with Crippen molar-refractivity contribution in [1.29, 1.82) is 0 Å². The number of anilines is 1. The van der Waals surface area contributed by atoms with Crippen LogP contribution in [0.2, 0.25) is 0 Å². The second-order valence-electron chi connectivity index (χ2n) is 5.78. The van der Waals surface area contributed by atoms with Gasteiger partial charge >= 0.3 is 0 Å². The monoisotopic (exact) mass is 244 g/mol. The van der Waals surface area contributed by atoms with Crippen molar-refractivity contribution in [2.75, 3.05) is 31.1 Å². The van der Waals surface area contributed by atoms with Crippen LogP contribution in [0.3, 0.4) is 0 Å². The molecule has 18 heavy (non-hydrogen) atoms. The summed E-state index contributed by atoms with van der Waals surface area (Å²) >= 11 is 0. The molecule has 2 aliphatic heterocycles. The Morgan fingerprint density at radius 2 is 1.83 bits per heavy atom. The molecular formula is C16H24N2. The molecule has 2 fully saturated rings. The maximum Gasteiger partial charge on any atom is 0.0401 e. The molecule has 0 saturated carbocycles. The molecule has 0 aliphatic carbocycles. The average molecular weight is 244 g/mol. The zero-order chi connectivity index (χ0) is 12.4. The third-order valence-electron chi connectivity index (χ3n) is 4.41. The molecule has 2 nitrogen and oxygen atoms in total. The topological polar surface area (TPSA) is 15.3 Å². The SMILES string of the molecule is Cc1ccc(N2CCCC2)c(C2CCNCC2)c1. The summed E-state index contributed by atoms with van der Waals surface area (Å²) in [6.45, 7) is 7.08. The third-order valence-corrected chi connectivity index (χ3v) is 4.41. The minimum Gasteiger partial charge on any atom is -0.371 e. The minimum absolute atomic E-state index is 0.766. The third kappa shape index (κ3) is 2.39. The van der Waals surface area contributed by atoms with E-state index in [-0.39, 0.29) is 0 Å². The van der Waals surface area contributed by atoms with Gasteiger partial charge in [-0.25, -0.2) is 0 Å². The van der Waals surface area contributed by atoms with Crippen molar-refractivity contribution < 1.29 is 0 Å². The van der Waals surface area contributed by atoms with E-state index in [9.17, 15) is 0 Å². The second kappa shape index (κ2) is 5.31. The molecule has 98 valence electrons. The van der Waals surface area contributed by atoms with E-state index in [1.54, 1.807) is 5.56 Å². The average Bonchev–Trinajstić information content (AvgIpc) is 2.93. The minimum atomic E-state index is 0.766. The van der Waals surface area contributed by atoms with E-state index in [0.29, 0.717) is 0 Å². The number of nitrogens with one attached hydrogen (secondary N) is 1. The van der Waals surface area contributed by atoms with Gasteiger partial charge in [-0.1, -0.05) is 17.7 Å². The van der Waals surface area contributed by atoms with Crippen molar-refractivity contribution in [3.05, 3.63) is 29.3 Å². The predicted molar refractivity (Wildman–Crippen MR) is 77.5 cm³/mol. The van der Waals surface area contributed by atoms with Gasteiger partial charge < -0.3 is 10.2 Å². The summed E-state index contributed by atoms with van der Waals surface area (Å²) in [7, 11) is 0. The largest absolute Gasteiger partial charge is 0.371 e. The number of rotatable bonds is 2. The Bertz CT molecular complexity index is 402. The van der Waals surface area contributed by atoms with Crippen molar-refractivity contribution in [2.24, 2.45) is 0 Å². The van der Waals surface area contributed by atoms with Crippen molar-refractivity contribution in [1.82, 2.24) is 5.32 Å². The summed E-state index contributed by atoms with van der Waals surface area (Å²) in [6.07, 6.45) is 5.31. The Balaban J connectivity index is 1.91. The van der Waals surface area contributed by atoms with Gasteiger partial charge in [0.2, 0.25) is 0 Å². The van der Waals surface area contributed by atoms with Gasteiger partial charge in [0, 0.05) is 18.8 Å². The lowest BCUT2D eigenvalue weighted by molar-refractivity contribution is 0.460. The number of aryl methyl sites for hydroxylation is 1. The standard InChI is InChI=1S/C16H24N2/c1-13-4-5-16(18-10-2-3-11-18)15(12-13)14-6-8-17-9-7-14/h4-5,12,14,17H,2-3,6-11H2,1H3. The molecular weight excluding hydrogens is 220 g/mol. The normalized spacial score (nSPS) is 21.5. The molecule has 0 bridgehead atoms. The quantitative estimate of drug-likeness (QED) is 0.860. The summed E-state index contributed by atoms with van der Waals surface area (Å²) in [5.74, 6) is 0.766. The van der Waals surface area contributed by atoms with Crippen LogP contribution in [0.1, 0.15) is 42.7 Å². The summed E-state index contributed by atoms with van der Waals surface area (Å²) in [5, 5.41) is 3.47. The Labute approximate surface area is 110 Å². The van der Waals surface area contributed by atoms with E-state index in [1.165, 1.54) is 63.1 Å². The fourth-order valence-corrected chi connectivity index (χ4v) is 3.38. The van der Waals surface area contributed by atoms with Crippen molar-refractivity contribution >= 4 is 5.69 Å². The summed E-state index contributed by atoms with van der Waals surface area (Å²) < 4.78 is 0. The first-order chi connectivity index (χ1) is 8.84. The molecule has 0 aromatic heterocycles. The highest BCUT2D eigenvalue weighted by atomic mass is 15.1. The van der Waals surface area contributed by atoms with E-state index >= 15 is 0 Å². The van der Waals surface area contributed by atoms with Gasteiger partial charge in [0.15, 0.2) is 0 Å². The molecule has 2 heteroatoms. The number of piperidine rings is 1. The van der Waals surface area contributed by atoms with E-state index in [2.05, 4.69) is 35.3 Å². The fourth-order valence-electron chi connectivity index (χ4n) is 3.38. The number of nitrogens with zero attached hydrogens (tertiary/aromatic N) is 1. The lowest BCUT2D eigenvalue weighted by Gasteiger charge is -2.29. The van der Waals surface area contributed by atoms with Crippen LogP contribution in [-0.4, -0.2) is 26.2 Å². The molecule has 2 saturated heterocycles. The van der Waals surface area contributed by atoms with Crippen LogP contribution in [0.4, 0.5) is 5.69 Å². The lowest BCUT2D eigenvalue weighted by Crippen LogP contribution is -2.28. The van der Waals surface area contributed by atoms with Gasteiger partial charge in [-0.2, -0.15) is 0 Å². The van der Waals surface area contributed by atoms with Gasteiger partial charge in [-0.05, 0) is 63.2 Å². The van der Waals surface area contributed by atoms with Gasteiger partial charge in [0.05, 0.1) is 0 Å². The number of hydrogen-bond donors (Lipinski definition) is 1. The first-order valence-corrected chi connectivity index (χ1v) is 7.41. The lowest BCUT2D eigenvalue weighted by atomic mass is 9.88. The van der Waals surface area contributed by atoms with Crippen molar-refractivity contribution in [2.45, 2.75) is 38.5 Å². The molecule has 1 aromatic carbocycles. The molecule has 1 N–H and O–H groups in total. The zero-order valence-electron chi connectivity index (χ0n) is 11.4. The molecule has 1 aromatic rings. The van der Waals surface area contributed by atoms with Crippen LogP contribution in [0.25, 0.3) is 0 Å². The zero-order valence-corrected chi connectivity index (χ0v) is 11.4. The van der Waals surface area contributed by atoms with E-state index < -0.39 is 0 Å². The molecule has 2 aliphatic rings. The Hall–Kier alpha value is -1.02. The van der Waals surface area contributed by atoms with Crippen molar-refractivity contribution in [3.63, 3.8) is 0 Å². The summed E-state index contributed by atoms with van der Waals surface area (Å²) in [4.78, 5) is 2.59. The highest BCUT2D eigenvalue weighted by Gasteiger charge is 2.22. The fraction of sp³-hybridized carbons (Fsp3) is 0.625. The van der Waals surface area contributed by atoms with Crippen LogP contribution in [0.5, 0.6) is 0 Å². The van der Waals surface area contributed by atoms with Gasteiger partial charge in [-0.15, -0.1) is 0 Å². The summed E-state index contributed by atoms with van der Waals surface area (Å²) in [6, 6.07) is 7.07. The van der Waals surface area contributed by atoms with Gasteiger partial charge in [-0.3, -0.25) is 0 Å². The number of benzene rings is 1. The van der Waals surface area contributed by atoms with Crippen LogP contribution in [-0.2, 0) is 0 Å². The molecule has 0 unspecified atom stereocenters. The molecule has 2 heterocycles. The van der Waals surface area contributed by atoms with Crippen molar-refractivity contribution in [3.8, 4) is 0 Å². The van der Waals surface area contributed by atoms with E-state index in [4.69, 9.17) is 0 Å².